The molecule has 0 aromatic heterocycles. The molecule has 1 atom stereocenters. The lowest BCUT2D eigenvalue weighted by atomic mass is 9.76. The molecule has 1 aliphatic carbocycles. The summed E-state index contributed by atoms with van der Waals surface area (Å²) in [5, 5.41) is 0. The largest absolute Gasteiger partial charge is 0.462 e. The molecule has 1 unspecified atom stereocenters. The zero-order valence-corrected chi connectivity index (χ0v) is 15.2. The molecule has 0 bridgehead atoms. The number of hydrogen-bond donors (Lipinski definition) is 0. The monoisotopic (exact) mass is 334 g/mol. The van der Waals surface area contributed by atoms with E-state index in [1.54, 1.807) is 19.9 Å². The van der Waals surface area contributed by atoms with Gasteiger partial charge in [0.1, 0.15) is 5.57 Å². The van der Waals surface area contributed by atoms with Crippen molar-refractivity contribution in [2.75, 3.05) is 13.2 Å². The molecule has 0 saturated heterocycles. The van der Waals surface area contributed by atoms with Crippen LogP contribution >= 0.6 is 0 Å². The molecule has 0 amide bonds. The van der Waals surface area contributed by atoms with E-state index in [9.17, 15) is 9.59 Å². The van der Waals surface area contributed by atoms with Gasteiger partial charge >= 0.3 is 11.9 Å². The van der Waals surface area contributed by atoms with Crippen LogP contribution < -0.4 is 0 Å². The van der Waals surface area contributed by atoms with Gasteiger partial charge in [-0.1, -0.05) is 63.0 Å². The highest BCUT2D eigenvalue weighted by atomic mass is 16.6. The number of carbonyl (C=O) groups excluding carboxylic acids is 2. The van der Waals surface area contributed by atoms with Crippen molar-refractivity contribution >= 4 is 11.9 Å². The zero-order valence-electron chi connectivity index (χ0n) is 15.2. The van der Waals surface area contributed by atoms with E-state index < -0.39 is 11.9 Å². The molecular formula is C20H30O4. The third-order valence-electron chi connectivity index (χ3n) is 4.09. The second kappa shape index (κ2) is 10.8. The van der Waals surface area contributed by atoms with E-state index >= 15 is 0 Å². The molecule has 24 heavy (non-hydrogen) atoms. The minimum Gasteiger partial charge on any atom is -0.462 e. The van der Waals surface area contributed by atoms with E-state index in [0.29, 0.717) is 0 Å². The maximum atomic E-state index is 12.2. The van der Waals surface area contributed by atoms with Crippen LogP contribution in [0.1, 0.15) is 59.3 Å². The third kappa shape index (κ3) is 6.34. The fourth-order valence-corrected chi connectivity index (χ4v) is 2.83. The predicted molar refractivity (Wildman–Crippen MR) is 95.4 cm³/mol. The normalized spacial score (nSPS) is 19.0. The molecule has 0 aromatic rings. The highest BCUT2D eigenvalue weighted by molar-refractivity contribution is 6.14. The summed E-state index contributed by atoms with van der Waals surface area (Å²) < 4.78 is 10.1. The summed E-state index contributed by atoms with van der Waals surface area (Å²) in [5.41, 5.74) is -0.314. The number of hydrogen-bond acceptors (Lipinski definition) is 4. The highest BCUT2D eigenvalue weighted by Crippen LogP contribution is 2.37. The van der Waals surface area contributed by atoms with Crippen LogP contribution in [0.5, 0.6) is 0 Å². The molecule has 0 radical (unpaired) electrons. The van der Waals surface area contributed by atoms with Crippen LogP contribution in [0, 0.1) is 5.41 Å². The zero-order chi connectivity index (χ0) is 17.8. The molecule has 0 heterocycles. The first-order chi connectivity index (χ1) is 11.6. The molecule has 4 heteroatoms. The molecule has 0 aliphatic heterocycles. The molecule has 0 fully saturated rings. The van der Waals surface area contributed by atoms with Crippen molar-refractivity contribution in [3.63, 3.8) is 0 Å². The lowest BCUT2D eigenvalue weighted by molar-refractivity contribution is -0.146. The number of carbonyl (C=O) groups is 2. The summed E-state index contributed by atoms with van der Waals surface area (Å²) >= 11 is 0. The van der Waals surface area contributed by atoms with Gasteiger partial charge in [0.05, 0.1) is 13.2 Å². The van der Waals surface area contributed by atoms with E-state index in [4.69, 9.17) is 9.47 Å². The van der Waals surface area contributed by atoms with Crippen molar-refractivity contribution < 1.29 is 19.1 Å². The van der Waals surface area contributed by atoms with Crippen molar-refractivity contribution in [1.29, 1.82) is 0 Å². The summed E-state index contributed by atoms with van der Waals surface area (Å²) in [7, 11) is 0. The van der Waals surface area contributed by atoms with Crippen LogP contribution in [0.2, 0.25) is 0 Å². The van der Waals surface area contributed by atoms with Gasteiger partial charge in [0.15, 0.2) is 0 Å². The van der Waals surface area contributed by atoms with Crippen molar-refractivity contribution in [2.45, 2.75) is 59.3 Å². The summed E-state index contributed by atoms with van der Waals surface area (Å²) in [4.78, 5) is 24.4. The smallest absolute Gasteiger partial charge is 0.345 e. The second-order valence-corrected chi connectivity index (χ2v) is 6.03. The van der Waals surface area contributed by atoms with Gasteiger partial charge in [0, 0.05) is 5.41 Å². The standard InChI is InChI=1S/C20H30O4/c1-4-7-8-10-13-20(14-11-9-12-15-20)16-17(18(21)23-5-2)19(22)24-6-3/h9,11-12,14,16H,4-8,10,13,15H2,1-3H3. The van der Waals surface area contributed by atoms with Crippen LogP contribution in [0.15, 0.2) is 36.0 Å². The summed E-state index contributed by atoms with van der Waals surface area (Å²) in [6, 6.07) is 0. The molecule has 4 nitrogen and oxygen atoms in total. The van der Waals surface area contributed by atoms with Crippen molar-refractivity contribution in [1.82, 2.24) is 0 Å². The van der Waals surface area contributed by atoms with Crippen molar-refractivity contribution in [3.8, 4) is 0 Å². The van der Waals surface area contributed by atoms with Gasteiger partial charge in [-0.05, 0) is 26.7 Å². The Labute approximate surface area is 145 Å². The predicted octanol–water partition coefficient (Wildman–Crippen LogP) is 4.51. The van der Waals surface area contributed by atoms with Crippen LogP contribution in [0.25, 0.3) is 0 Å². The molecule has 1 rings (SSSR count). The molecule has 0 N–H and O–H groups in total. The Morgan fingerprint density at radius 1 is 1.00 bits per heavy atom. The van der Waals surface area contributed by atoms with Gasteiger partial charge in [-0.2, -0.15) is 0 Å². The van der Waals surface area contributed by atoms with Gasteiger partial charge in [-0.15, -0.1) is 0 Å². The highest BCUT2D eigenvalue weighted by Gasteiger charge is 2.30. The van der Waals surface area contributed by atoms with Crippen molar-refractivity contribution in [2.24, 2.45) is 5.41 Å². The fourth-order valence-electron chi connectivity index (χ4n) is 2.83. The maximum Gasteiger partial charge on any atom is 0.345 e. The molecular weight excluding hydrogens is 304 g/mol. The lowest BCUT2D eigenvalue weighted by Crippen LogP contribution is -2.24. The SMILES string of the molecule is CCCCCCC1(C=C(C(=O)OCC)C(=O)OCC)C=CC=CC1. The van der Waals surface area contributed by atoms with Crippen LogP contribution in [0.3, 0.4) is 0 Å². The van der Waals surface area contributed by atoms with E-state index in [2.05, 4.69) is 19.1 Å². The fraction of sp³-hybridized carbons (Fsp3) is 0.600. The average Bonchev–Trinajstić information content (AvgIpc) is 2.58. The quantitative estimate of drug-likeness (QED) is 0.194. The maximum absolute atomic E-state index is 12.2. The van der Waals surface area contributed by atoms with Gasteiger partial charge in [0.2, 0.25) is 0 Å². The summed E-state index contributed by atoms with van der Waals surface area (Å²) in [5.74, 6) is -1.21. The lowest BCUT2D eigenvalue weighted by Gasteiger charge is -2.29. The first-order valence-corrected chi connectivity index (χ1v) is 9.00. The Kier molecular flexibility index (Phi) is 9.13. The van der Waals surface area contributed by atoms with E-state index in [1.165, 1.54) is 12.8 Å². The minimum absolute atomic E-state index is 0.00846. The van der Waals surface area contributed by atoms with E-state index in [-0.39, 0.29) is 24.2 Å². The molecule has 0 saturated carbocycles. The van der Waals surface area contributed by atoms with Crippen LogP contribution in [-0.2, 0) is 19.1 Å². The molecule has 1 aliphatic rings. The number of unbranched alkanes of at least 4 members (excludes halogenated alkanes) is 3. The van der Waals surface area contributed by atoms with Gasteiger partial charge in [-0.3, -0.25) is 0 Å². The van der Waals surface area contributed by atoms with Gasteiger partial charge in [-0.25, -0.2) is 9.59 Å². The first-order valence-electron chi connectivity index (χ1n) is 9.00. The molecule has 0 aromatic carbocycles. The number of ether oxygens (including phenoxy) is 2. The van der Waals surface area contributed by atoms with Crippen LogP contribution in [0.4, 0.5) is 0 Å². The Morgan fingerprint density at radius 2 is 1.67 bits per heavy atom. The average molecular weight is 334 g/mol. The minimum atomic E-state index is -0.605. The Morgan fingerprint density at radius 3 is 2.17 bits per heavy atom. The molecule has 0 spiro atoms. The Balaban J connectivity index is 3.04. The second-order valence-electron chi connectivity index (χ2n) is 6.03. The van der Waals surface area contributed by atoms with Gasteiger partial charge < -0.3 is 9.47 Å². The third-order valence-corrected chi connectivity index (χ3v) is 4.09. The Bertz CT molecular complexity index is 482. The van der Waals surface area contributed by atoms with Crippen LogP contribution in [-0.4, -0.2) is 25.2 Å². The van der Waals surface area contributed by atoms with E-state index in [0.717, 1.165) is 25.7 Å². The molecule has 134 valence electrons. The van der Waals surface area contributed by atoms with Crippen molar-refractivity contribution in [3.05, 3.63) is 36.0 Å². The summed E-state index contributed by atoms with van der Waals surface area (Å²) in [6.45, 7) is 6.09. The topological polar surface area (TPSA) is 52.6 Å². The number of rotatable bonds is 10. The summed E-state index contributed by atoms with van der Waals surface area (Å²) in [6.07, 6.45) is 16.1. The number of esters is 2. The Hall–Kier alpha value is -1.84. The van der Waals surface area contributed by atoms with E-state index in [1.807, 2.05) is 12.2 Å². The number of allylic oxidation sites excluding steroid dienone is 5. The van der Waals surface area contributed by atoms with Gasteiger partial charge in [0.25, 0.3) is 0 Å². The first kappa shape index (κ1) is 20.2.